The Bertz CT molecular complexity index is 563. The number of ether oxygens (including phenoxy) is 1. The maximum Gasteiger partial charge on any atom is 0.357 e. The molecule has 0 amide bonds. The van der Waals surface area contributed by atoms with Crippen molar-refractivity contribution in [1.82, 2.24) is 15.1 Å². The summed E-state index contributed by atoms with van der Waals surface area (Å²) in [5.41, 5.74) is 0.326. The molecule has 0 unspecified atom stereocenters. The van der Waals surface area contributed by atoms with Crippen LogP contribution in [0, 0.1) is 13.8 Å². The van der Waals surface area contributed by atoms with Crippen molar-refractivity contribution in [2.75, 3.05) is 12.4 Å². The first-order valence-electron chi connectivity index (χ1n) is 5.19. The molecule has 18 heavy (non-hydrogen) atoms. The summed E-state index contributed by atoms with van der Waals surface area (Å²) in [6.45, 7) is 3.93. The van der Waals surface area contributed by atoms with Gasteiger partial charge in [-0.05, 0) is 13.8 Å². The van der Waals surface area contributed by atoms with Gasteiger partial charge in [-0.15, -0.1) is 11.3 Å². The van der Waals surface area contributed by atoms with E-state index in [1.165, 1.54) is 18.4 Å². The lowest BCUT2D eigenvalue weighted by Gasteiger charge is -1.96. The molecule has 1 N–H and O–H groups in total. The number of rotatable bonds is 4. The molecule has 96 valence electrons. The van der Waals surface area contributed by atoms with Crippen molar-refractivity contribution in [2.45, 2.75) is 20.4 Å². The number of nitrogens with one attached hydrogen (secondary N) is 1. The van der Waals surface area contributed by atoms with Crippen LogP contribution in [-0.4, -0.2) is 28.2 Å². The third-order valence-corrected chi connectivity index (χ3v) is 3.06. The van der Waals surface area contributed by atoms with E-state index in [4.69, 9.17) is 4.52 Å². The van der Waals surface area contributed by atoms with Crippen LogP contribution in [0.25, 0.3) is 0 Å². The summed E-state index contributed by atoms with van der Waals surface area (Å²) < 4.78 is 9.59. The fourth-order valence-electron chi connectivity index (χ4n) is 1.32. The largest absolute Gasteiger partial charge is 0.464 e. The van der Waals surface area contributed by atoms with Gasteiger partial charge in [0.1, 0.15) is 0 Å². The molecule has 0 saturated heterocycles. The predicted octanol–water partition coefficient (Wildman–Crippen LogP) is 1.54. The number of anilines is 1. The highest BCUT2D eigenvalue weighted by Crippen LogP contribution is 2.22. The molecule has 2 aromatic rings. The highest BCUT2D eigenvalue weighted by atomic mass is 32.1. The SMILES string of the molecule is COC(=O)c1nc(NCc2nc(C)no2)sc1C. The molecule has 2 heterocycles. The van der Waals surface area contributed by atoms with E-state index < -0.39 is 5.97 Å². The van der Waals surface area contributed by atoms with Gasteiger partial charge < -0.3 is 14.6 Å². The molecule has 0 aliphatic carbocycles. The number of methoxy groups -OCH3 is 1. The van der Waals surface area contributed by atoms with Gasteiger partial charge in [-0.2, -0.15) is 4.98 Å². The second kappa shape index (κ2) is 5.13. The number of carbonyl (C=O) groups excluding carboxylic acids is 1. The molecule has 0 bridgehead atoms. The highest BCUT2D eigenvalue weighted by Gasteiger charge is 2.15. The third kappa shape index (κ3) is 2.65. The first-order valence-corrected chi connectivity index (χ1v) is 6.00. The Hall–Kier alpha value is -1.96. The smallest absolute Gasteiger partial charge is 0.357 e. The summed E-state index contributed by atoms with van der Waals surface area (Å²) in [5.74, 6) is 0.614. The quantitative estimate of drug-likeness (QED) is 0.841. The second-order valence-corrected chi connectivity index (χ2v) is 4.71. The Balaban J connectivity index is 2.04. The Morgan fingerprint density at radius 2 is 2.22 bits per heavy atom. The number of aromatic nitrogens is 3. The van der Waals surface area contributed by atoms with Crippen LogP contribution in [0.1, 0.15) is 27.1 Å². The average Bonchev–Trinajstić information content (AvgIpc) is 2.92. The monoisotopic (exact) mass is 268 g/mol. The topological polar surface area (TPSA) is 90.1 Å². The Morgan fingerprint density at radius 3 is 2.83 bits per heavy atom. The molecule has 0 atom stereocenters. The lowest BCUT2D eigenvalue weighted by atomic mass is 10.4. The molecule has 7 nitrogen and oxygen atoms in total. The van der Waals surface area contributed by atoms with Gasteiger partial charge in [0.05, 0.1) is 13.7 Å². The van der Waals surface area contributed by atoms with Crippen molar-refractivity contribution < 1.29 is 14.1 Å². The number of aryl methyl sites for hydroxylation is 2. The highest BCUT2D eigenvalue weighted by molar-refractivity contribution is 7.15. The summed E-state index contributed by atoms with van der Waals surface area (Å²) in [7, 11) is 1.33. The molecule has 0 radical (unpaired) electrons. The van der Waals surface area contributed by atoms with Crippen LogP contribution >= 0.6 is 11.3 Å². The van der Waals surface area contributed by atoms with E-state index in [0.717, 1.165) is 4.88 Å². The summed E-state index contributed by atoms with van der Waals surface area (Å²) >= 11 is 1.37. The third-order valence-electron chi connectivity index (χ3n) is 2.14. The van der Waals surface area contributed by atoms with E-state index in [1.54, 1.807) is 6.92 Å². The maximum atomic E-state index is 11.4. The first kappa shape index (κ1) is 12.5. The van der Waals surface area contributed by atoms with E-state index in [9.17, 15) is 4.79 Å². The minimum atomic E-state index is -0.439. The lowest BCUT2D eigenvalue weighted by molar-refractivity contribution is 0.0594. The first-order chi connectivity index (χ1) is 8.60. The molecular formula is C10H12N4O3S. The fraction of sp³-hybridized carbons (Fsp3) is 0.400. The van der Waals surface area contributed by atoms with Gasteiger partial charge in [0, 0.05) is 4.88 Å². The summed E-state index contributed by atoms with van der Waals surface area (Å²) in [4.78, 5) is 20.4. The molecule has 2 rings (SSSR count). The van der Waals surface area contributed by atoms with Crippen LogP contribution < -0.4 is 5.32 Å². The van der Waals surface area contributed by atoms with Gasteiger partial charge in [-0.3, -0.25) is 0 Å². The van der Waals surface area contributed by atoms with Crippen LogP contribution in [0.3, 0.4) is 0 Å². The van der Waals surface area contributed by atoms with Crippen molar-refractivity contribution in [3.8, 4) is 0 Å². The number of thiazole rings is 1. The van der Waals surface area contributed by atoms with Gasteiger partial charge in [0.2, 0.25) is 5.89 Å². The molecule has 0 saturated carbocycles. The minimum absolute atomic E-state index is 0.326. The van der Waals surface area contributed by atoms with Crippen LogP contribution in [0.4, 0.5) is 5.13 Å². The zero-order valence-electron chi connectivity index (χ0n) is 10.2. The van der Waals surface area contributed by atoms with E-state index in [2.05, 4.69) is 25.2 Å². The van der Waals surface area contributed by atoms with E-state index in [0.29, 0.717) is 29.1 Å². The second-order valence-electron chi connectivity index (χ2n) is 3.50. The van der Waals surface area contributed by atoms with Crippen molar-refractivity contribution in [3.05, 3.63) is 22.3 Å². The Kier molecular flexibility index (Phi) is 3.56. The Morgan fingerprint density at radius 1 is 1.44 bits per heavy atom. The van der Waals surface area contributed by atoms with Crippen LogP contribution in [0.5, 0.6) is 0 Å². The van der Waals surface area contributed by atoms with Crippen LogP contribution in [0.15, 0.2) is 4.52 Å². The number of nitrogens with zero attached hydrogens (tertiary/aromatic N) is 3. The maximum absolute atomic E-state index is 11.4. The lowest BCUT2D eigenvalue weighted by Crippen LogP contribution is -2.04. The molecule has 0 aromatic carbocycles. The normalized spacial score (nSPS) is 10.4. The van der Waals surface area contributed by atoms with Gasteiger partial charge in [0.25, 0.3) is 0 Å². The predicted molar refractivity (Wildman–Crippen MR) is 64.6 cm³/mol. The van der Waals surface area contributed by atoms with Gasteiger partial charge in [-0.1, -0.05) is 5.16 Å². The van der Waals surface area contributed by atoms with E-state index in [-0.39, 0.29) is 0 Å². The van der Waals surface area contributed by atoms with Crippen LogP contribution in [0.2, 0.25) is 0 Å². The van der Waals surface area contributed by atoms with Gasteiger partial charge in [-0.25, -0.2) is 9.78 Å². The van der Waals surface area contributed by atoms with Gasteiger partial charge in [0.15, 0.2) is 16.6 Å². The molecule has 0 aliphatic rings. The van der Waals surface area contributed by atoms with E-state index >= 15 is 0 Å². The number of esters is 1. The number of hydrogen-bond donors (Lipinski definition) is 1. The molecule has 8 heteroatoms. The zero-order valence-corrected chi connectivity index (χ0v) is 11.0. The summed E-state index contributed by atoms with van der Waals surface area (Å²) in [6, 6.07) is 0. The zero-order chi connectivity index (χ0) is 13.1. The minimum Gasteiger partial charge on any atom is -0.464 e. The van der Waals surface area contributed by atoms with Gasteiger partial charge >= 0.3 is 5.97 Å². The van der Waals surface area contributed by atoms with Crippen molar-refractivity contribution in [2.24, 2.45) is 0 Å². The molecule has 0 spiro atoms. The molecule has 0 fully saturated rings. The average molecular weight is 268 g/mol. The fourth-order valence-corrected chi connectivity index (χ4v) is 2.12. The molecule has 2 aromatic heterocycles. The number of carbonyl (C=O) groups is 1. The molecule has 0 aliphatic heterocycles. The standard InChI is InChI=1S/C10H12N4O3S/c1-5-8(9(15)16-3)13-10(18-5)11-4-7-12-6(2)14-17-7/h4H2,1-3H3,(H,11,13). The van der Waals surface area contributed by atoms with E-state index in [1.807, 2.05) is 6.92 Å². The summed E-state index contributed by atoms with van der Waals surface area (Å²) in [5, 5.41) is 7.31. The van der Waals surface area contributed by atoms with Crippen molar-refractivity contribution in [1.29, 1.82) is 0 Å². The summed E-state index contributed by atoms with van der Waals surface area (Å²) in [6.07, 6.45) is 0. The van der Waals surface area contributed by atoms with Crippen molar-refractivity contribution >= 4 is 22.4 Å². The Labute approximate surface area is 107 Å². The van der Waals surface area contributed by atoms with Crippen LogP contribution in [-0.2, 0) is 11.3 Å². The number of hydrogen-bond acceptors (Lipinski definition) is 8. The molecular weight excluding hydrogens is 256 g/mol. The van der Waals surface area contributed by atoms with Crippen molar-refractivity contribution in [3.63, 3.8) is 0 Å².